The highest BCUT2D eigenvalue weighted by atomic mass is 16.4. The first-order valence-electron chi connectivity index (χ1n) is 7.01. The summed E-state index contributed by atoms with van der Waals surface area (Å²) in [5.74, 6) is -1.16. The normalized spacial score (nSPS) is 13.3. The fraction of sp³-hybridized carbons (Fsp3) is 0.467. The minimum atomic E-state index is -1.02. The van der Waals surface area contributed by atoms with Crippen LogP contribution in [0.25, 0.3) is 0 Å². The Morgan fingerprint density at radius 2 is 2.05 bits per heavy atom. The maximum atomic E-state index is 11.9. The number of aliphatic carboxylic acids is 1. The molecule has 0 spiro atoms. The van der Waals surface area contributed by atoms with Crippen LogP contribution in [0, 0.1) is 5.92 Å². The summed E-state index contributed by atoms with van der Waals surface area (Å²) in [5, 5.41) is 17.3. The third kappa shape index (κ3) is 5.43. The van der Waals surface area contributed by atoms with E-state index in [2.05, 4.69) is 16.0 Å². The second kappa shape index (κ2) is 8.26. The van der Waals surface area contributed by atoms with Crippen molar-refractivity contribution in [2.45, 2.75) is 32.9 Å². The Morgan fingerprint density at radius 3 is 2.62 bits per heavy atom. The lowest BCUT2D eigenvalue weighted by Crippen LogP contribution is -2.46. The smallest absolute Gasteiger partial charge is 0.326 e. The van der Waals surface area contributed by atoms with Crippen molar-refractivity contribution in [3.05, 3.63) is 29.8 Å². The van der Waals surface area contributed by atoms with Crippen LogP contribution in [0.4, 0.5) is 10.5 Å². The molecule has 2 atom stereocenters. The first-order valence-corrected chi connectivity index (χ1v) is 7.01. The molecule has 0 saturated carbocycles. The van der Waals surface area contributed by atoms with Crippen molar-refractivity contribution in [2.75, 3.05) is 12.4 Å². The molecule has 116 valence electrons. The van der Waals surface area contributed by atoms with E-state index < -0.39 is 18.0 Å². The van der Waals surface area contributed by atoms with Crippen LogP contribution in [-0.2, 0) is 11.3 Å². The Bertz CT molecular complexity index is 491. The maximum absolute atomic E-state index is 11.9. The molecule has 0 unspecified atom stereocenters. The van der Waals surface area contributed by atoms with Crippen molar-refractivity contribution in [1.29, 1.82) is 0 Å². The van der Waals surface area contributed by atoms with E-state index in [0.717, 1.165) is 5.56 Å². The highest BCUT2D eigenvalue weighted by molar-refractivity contribution is 5.92. The summed E-state index contributed by atoms with van der Waals surface area (Å²) in [6, 6.07) is 5.98. The summed E-state index contributed by atoms with van der Waals surface area (Å²) in [5.41, 5.74) is 1.67. The third-order valence-corrected chi connectivity index (χ3v) is 3.33. The number of urea groups is 1. The van der Waals surface area contributed by atoms with Crippen LogP contribution in [0.5, 0.6) is 0 Å². The van der Waals surface area contributed by atoms with Crippen molar-refractivity contribution < 1.29 is 14.7 Å². The van der Waals surface area contributed by atoms with E-state index in [1.165, 1.54) is 0 Å². The average Bonchev–Trinajstić information content (AvgIpc) is 2.44. The van der Waals surface area contributed by atoms with Gasteiger partial charge in [-0.25, -0.2) is 9.59 Å². The molecule has 1 aromatic carbocycles. The monoisotopic (exact) mass is 293 g/mol. The number of carboxylic acids is 1. The summed E-state index contributed by atoms with van der Waals surface area (Å²) in [6.45, 7) is 4.38. The number of rotatable bonds is 7. The predicted molar refractivity (Wildman–Crippen MR) is 82.2 cm³/mol. The van der Waals surface area contributed by atoms with Crippen LogP contribution in [0.1, 0.15) is 25.8 Å². The molecule has 6 nitrogen and oxygen atoms in total. The first kappa shape index (κ1) is 17.0. The van der Waals surface area contributed by atoms with Crippen molar-refractivity contribution in [3.8, 4) is 0 Å². The van der Waals surface area contributed by atoms with Gasteiger partial charge in [-0.2, -0.15) is 0 Å². The summed E-state index contributed by atoms with van der Waals surface area (Å²) in [4.78, 5) is 23.1. The lowest BCUT2D eigenvalue weighted by atomic mass is 9.99. The van der Waals surface area contributed by atoms with Crippen molar-refractivity contribution >= 4 is 17.7 Å². The van der Waals surface area contributed by atoms with Gasteiger partial charge in [-0.1, -0.05) is 32.4 Å². The molecular weight excluding hydrogens is 270 g/mol. The van der Waals surface area contributed by atoms with Gasteiger partial charge in [-0.05, 0) is 30.7 Å². The number of carboxylic acid groups (broad SMARTS) is 1. The van der Waals surface area contributed by atoms with Gasteiger partial charge in [0.25, 0.3) is 0 Å². The number of carbonyl (C=O) groups is 2. The Morgan fingerprint density at radius 1 is 1.33 bits per heavy atom. The van der Waals surface area contributed by atoms with Gasteiger partial charge < -0.3 is 21.1 Å². The van der Waals surface area contributed by atoms with Gasteiger partial charge in [0.2, 0.25) is 0 Å². The fourth-order valence-corrected chi connectivity index (χ4v) is 1.95. The second-order valence-corrected chi connectivity index (χ2v) is 5.03. The number of nitrogens with one attached hydrogen (secondary N) is 3. The number of benzene rings is 1. The Labute approximate surface area is 124 Å². The molecule has 0 aliphatic heterocycles. The Balaban J connectivity index is 2.67. The van der Waals surface area contributed by atoms with Crippen molar-refractivity contribution in [1.82, 2.24) is 10.6 Å². The summed E-state index contributed by atoms with van der Waals surface area (Å²) in [7, 11) is 1.84. The zero-order valence-corrected chi connectivity index (χ0v) is 12.6. The molecule has 4 N–H and O–H groups in total. The quantitative estimate of drug-likeness (QED) is 0.619. The van der Waals surface area contributed by atoms with Crippen LogP contribution >= 0.6 is 0 Å². The van der Waals surface area contributed by atoms with Crippen LogP contribution in [0.15, 0.2) is 24.3 Å². The van der Waals surface area contributed by atoms with Gasteiger partial charge in [-0.15, -0.1) is 0 Å². The van der Waals surface area contributed by atoms with E-state index in [1.807, 2.05) is 32.2 Å². The molecule has 0 heterocycles. The van der Waals surface area contributed by atoms with Crippen LogP contribution < -0.4 is 16.0 Å². The molecule has 0 aliphatic rings. The molecule has 0 bridgehead atoms. The van der Waals surface area contributed by atoms with Gasteiger partial charge in [0.15, 0.2) is 0 Å². The topological polar surface area (TPSA) is 90.5 Å². The molecule has 0 aliphatic carbocycles. The SMILES string of the molecule is CC[C@H](C)[C@H](NC(=O)Nc1cccc(CNC)c1)C(=O)O. The number of amides is 2. The highest BCUT2D eigenvalue weighted by Crippen LogP contribution is 2.12. The molecule has 6 heteroatoms. The van der Waals surface area contributed by atoms with Gasteiger partial charge in [0, 0.05) is 12.2 Å². The number of carbonyl (C=O) groups excluding carboxylic acids is 1. The molecule has 0 radical (unpaired) electrons. The Hall–Kier alpha value is -2.08. The van der Waals surface area contributed by atoms with E-state index in [0.29, 0.717) is 18.7 Å². The molecule has 1 aromatic rings. The van der Waals surface area contributed by atoms with Crippen LogP contribution in [0.3, 0.4) is 0 Å². The molecule has 21 heavy (non-hydrogen) atoms. The number of anilines is 1. The number of hydrogen-bond acceptors (Lipinski definition) is 3. The summed E-state index contributed by atoms with van der Waals surface area (Å²) in [6.07, 6.45) is 0.675. The summed E-state index contributed by atoms with van der Waals surface area (Å²) < 4.78 is 0. The van der Waals surface area contributed by atoms with E-state index in [9.17, 15) is 9.59 Å². The molecule has 2 amide bonds. The lowest BCUT2D eigenvalue weighted by molar-refractivity contribution is -0.140. The largest absolute Gasteiger partial charge is 0.480 e. The van der Waals surface area contributed by atoms with Crippen molar-refractivity contribution in [2.24, 2.45) is 5.92 Å². The lowest BCUT2D eigenvalue weighted by Gasteiger charge is -2.20. The second-order valence-electron chi connectivity index (χ2n) is 5.03. The number of hydrogen-bond donors (Lipinski definition) is 4. The molecular formula is C15H23N3O3. The molecule has 1 rings (SSSR count). The van der Waals surface area contributed by atoms with E-state index in [4.69, 9.17) is 5.11 Å². The van der Waals surface area contributed by atoms with Gasteiger partial charge in [-0.3, -0.25) is 0 Å². The highest BCUT2D eigenvalue weighted by Gasteiger charge is 2.25. The zero-order valence-electron chi connectivity index (χ0n) is 12.6. The van der Waals surface area contributed by atoms with Crippen LogP contribution in [0.2, 0.25) is 0 Å². The van der Waals surface area contributed by atoms with Crippen molar-refractivity contribution in [3.63, 3.8) is 0 Å². The zero-order chi connectivity index (χ0) is 15.8. The molecule has 0 aromatic heterocycles. The maximum Gasteiger partial charge on any atom is 0.326 e. The van der Waals surface area contributed by atoms with Crippen LogP contribution in [-0.4, -0.2) is 30.2 Å². The average molecular weight is 293 g/mol. The van der Waals surface area contributed by atoms with E-state index in [-0.39, 0.29) is 5.92 Å². The minimum Gasteiger partial charge on any atom is -0.480 e. The van der Waals surface area contributed by atoms with E-state index in [1.54, 1.807) is 13.0 Å². The predicted octanol–water partition coefficient (Wildman–Crippen LogP) is 2.03. The van der Waals surface area contributed by atoms with Gasteiger partial charge in [0.1, 0.15) is 6.04 Å². The summed E-state index contributed by atoms with van der Waals surface area (Å²) >= 11 is 0. The first-order chi connectivity index (χ1) is 9.97. The third-order valence-electron chi connectivity index (χ3n) is 3.33. The van der Waals surface area contributed by atoms with E-state index >= 15 is 0 Å². The van der Waals surface area contributed by atoms with Gasteiger partial charge in [0.05, 0.1) is 0 Å². The Kier molecular flexibility index (Phi) is 6.68. The molecule has 0 fully saturated rings. The molecule has 0 saturated heterocycles. The fourth-order valence-electron chi connectivity index (χ4n) is 1.95. The minimum absolute atomic E-state index is 0.135. The van der Waals surface area contributed by atoms with Gasteiger partial charge >= 0.3 is 12.0 Å². The standard InChI is InChI=1S/C15H23N3O3/c1-4-10(2)13(14(19)20)18-15(21)17-12-7-5-6-11(8-12)9-16-3/h5-8,10,13,16H,4,9H2,1-3H3,(H,19,20)(H2,17,18,21)/t10-,13-/m0/s1.